The summed E-state index contributed by atoms with van der Waals surface area (Å²) >= 11 is 0. The standard InChI is InChI=1S/C24H27N3O3/c1-2-30-20-13-11-19(12-14-20)25-21(28)17-27-23(29)22(18-9-5-3-6-10-18)26-24(27)15-7-4-8-16-24/h3,5-6,9-14H,2,4,7-8,15-17H2,1H3,(H,25,28). The Kier molecular flexibility index (Phi) is 5.84. The lowest BCUT2D eigenvalue weighted by molar-refractivity contribution is -0.134. The van der Waals surface area contributed by atoms with Crippen LogP contribution in [0.25, 0.3) is 0 Å². The number of nitrogens with zero attached hydrogens (tertiary/aromatic N) is 2. The molecule has 1 saturated carbocycles. The zero-order valence-corrected chi connectivity index (χ0v) is 17.3. The Bertz CT molecular complexity index is 932. The van der Waals surface area contributed by atoms with Crippen molar-refractivity contribution in [3.05, 3.63) is 60.2 Å². The third kappa shape index (κ3) is 4.08. The number of benzene rings is 2. The minimum Gasteiger partial charge on any atom is -0.494 e. The van der Waals surface area contributed by atoms with Crippen LogP contribution in [0, 0.1) is 0 Å². The summed E-state index contributed by atoms with van der Waals surface area (Å²) in [7, 11) is 0. The van der Waals surface area contributed by atoms with E-state index in [2.05, 4.69) is 5.32 Å². The van der Waals surface area contributed by atoms with Gasteiger partial charge in [0.1, 0.15) is 23.7 Å². The molecule has 0 bridgehead atoms. The fraction of sp³-hybridized carbons (Fsp3) is 0.375. The Labute approximate surface area is 176 Å². The molecule has 2 aliphatic rings. The van der Waals surface area contributed by atoms with E-state index < -0.39 is 5.66 Å². The van der Waals surface area contributed by atoms with Crippen LogP contribution in [0.2, 0.25) is 0 Å². The van der Waals surface area contributed by atoms with E-state index in [1.807, 2.05) is 49.4 Å². The van der Waals surface area contributed by atoms with Gasteiger partial charge in [0.25, 0.3) is 5.91 Å². The molecule has 0 atom stereocenters. The number of hydrogen-bond donors (Lipinski definition) is 1. The number of nitrogens with one attached hydrogen (secondary N) is 1. The van der Waals surface area contributed by atoms with Crippen molar-refractivity contribution in [1.29, 1.82) is 0 Å². The van der Waals surface area contributed by atoms with Gasteiger partial charge < -0.3 is 15.0 Å². The van der Waals surface area contributed by atoms with E-state index in [9.17, 15) is 9.59 Å². The highest BCUT2D eigenvalue weighted by molar-refractivity contribution is 6.47. The molecule has 1 N–H and O–H groups in total. The van der Waals surface area contributed by atoms with Crippen LogP contribution in [0.3, 0.4) is 0 Å². The van der Waals surface area contributed by atoms with Gasteiger partial charge in [0.2, 0.25) is 5.91 Å². The Morgan fingerprint density at radius 1 is 1.07 bits per heavy atom. The first-order chi connectivity index (χ1) is 14.6. The number of carbonyl (C=O) groups excluding carboxylic acids is 2. The van der Waals surface area contributed by atoms with Crippen LogP contribution in [0.1, 0.15) is 44.6 Å². The topological polar surface area (TPSA) is 71.0 Å². The molecule has 0 radical (unpaired) electrons. The fourth-order valence-corrected chi connectivity index (χ4v) is 4.28. The summed E-state index contributed by atoms with van der Waals surface area (Å²) < 4.78 is 5.44. The molecular formula is C24H27N3O3. The van der Waals surface area contributed by atoms with E-state index in [0.29, 0.717) is 18.0 Å². The number of carbonyl (C=O) groups is 2. The number of anilines is 1. The monoisotopic (exact) mass is 405 g/mol. The van der Waals surface area contributed by atoms with E-state index in [-0.39, 0.29) is 18.4 Å². The van der Waals surface area contributed by atoms with Crippen LogP contribution >= 0.6 is 0 Å². The summed E-state index contributed by atoms with van der Waals surface area (Å²) in [5, 5.41) is 2.90. The third-order valence-corrected chi connectivity index (χ3v) is 5.72. The van der Waals surface area contributed by atoms with E-state index >= 15 is 0 Å². The van der Waals surface area contributed by atoms with Gasteiger partial charge in [-0.25, -0.2) is 0 Å². The van der Waals surface area contributed by atoms with Crippen molar-refractivity contribution in [1.82, 2.24) is 4.90 Å². The van der Waals surface area contributed by atoms with Gasteiger partial charge in [0.05, 0.1) is 6.61 Å². The zero-order chi connectivity index (χ0) is 21.0. The normalized spacial score (nSPS) is 17.7. The van der Waals surface area contributed by atoms with Gasteiger partial charge in [0.15, 0.2) is 0 Å². The fourth-order valence-electron chi connectivity index (χ4n) is 4.28. The summed E-state index contributed by atoms with van der Waals surface area (Å²) in [5.74, 6) is 0.374. The Balaban J connectivity index is 1.51. The van der Waals surface area contributed by atoms with Crippen molar-refractivity contribution in [3.8, 4) is 5.75 Å². The third-order valence-electron chi connectivity index (χ3n) is 5.72. The van der Waals surface area contributed by atoms with Gasteiger partial charge in [0, 0.05) is 11.3 Å². The number of amides is 2. The largest absolute Gasteiger partial charge is 0.494 e. The molecule has 2 amide bonds. The molecule has 0 unspecified atom stereocenters. The highest BCUT2D eigenvalue weighted by Crippen LogP contribution is 2.39. The molecule has 1 heterocycles. The van der Waals surface area contributed by atoms with Crippen molar-refractivity contribution in [3.63, 3.8) is 0 Å². The maximum Gasteiger partial charge on any atom is 0.275 e. The van der Waals surface area contributed by atoms with Crippen LogP contribution in [0.5, 0.6) is 5.75 Å². The minimum atomic E-state index is -0.601. The van der Waals surface area contributed by atoms with Crippen molar-refractivity contribution in [2.75, 3.05) is 18.5 Å². The molecule has 0 aromatic heterocycles. The van der Waals surface area contributed by atoms with Crippen molar-refractivity contribution in [2.45, 2.75) is 44.7 Å². The first-order valence-electron chi connectivity index (χ1n) is 10.6. The molecule has 1 spiro atoms. The van der Waals surface area contributed by atoms with E-state index in [0.717, 1.165) is 43.4 Å². The van der Waals surface area contributed by atoms with Crippen LogP contribution in [0.4, 0.5) is 5.69 Å². The number of hydrogen-bond acceptors (Lipinski definition) is 4. The number of rotatable bonds is 6. The van der Waals surface area contributed by atoms with E-state index in [1.54, 1.807) is 17.0 Å². The average Bonchev–Trinajstić information content (AvgIpc) is 3.02. The average molecular weight is 405 g/mol. The smallest absolute Gasteiger partial charge is 0.275 e. The Morgan fingerprint density at radius 2 is 1.77 bits per heavy atom. The summed E-state index contributed by atoms with van der Waals surface area (Å²) in [6, 6.07) is 16.8. The Hall–Kier alpha value is -3.15. The SMILES string of the molecule is CCOc1ccc(NC(=O)CN2C(=O)C(c3ccccc3)=NC23CCCCC3)cc1. The summed E-state index contributed by atoms with van der Waals surface area (Å²) in [6.45, 7) is 2.51. The van der Waals surface area contributed by atoms with Gasteiger partial charge in [-0.15, -0.1) is 0 Å². The quantitative estimate of drug-likeness (QED) is 0.789. The van der Waals surface area contributed by atoms with Crippen LogP contribution in [-0.2, 0) is 9.59 Å². The lowest BCUT2D eigenvalue weighted by Crippen LogP contribution is -2.51. The number of aliphatic imine (C=N–C) groups is 1. The second-order valence-electron chi connectivity index (χ2n) is 7.77. The molecule has 0 saturated heterocycles. The zero-order valence-electron chi connectivity index (χ0n) is 17.3. The van der Waals surface area contributed by atoms with Crippen LogP contribution < -0.4 is 10.1 Å². The molecular weight excluding hydrogens is 378 g/mol. The molecule has 2 aromatic carbocycles. The second-order valence-corrected chi connectivity index (χ2v) is 7.77. The van der Waals surface area contributed by atoms with Gasteiger partial charge in [-0.1, -0.05) is 36.8 Å². The lowest BCUT2D eigenvalue weighted by atomic mass is 9.88. The lowest BCUT2D eigenvalue weighted by Gasteiger charge is -2.38. The molecule has 2 aromatic rings. The molecule has 1 aliphatic carbocycles. The molecule has 156 valence electrons. The first-order valence-corrected chi connectivity index (χ1v) is 10.6. The molecule has 1 fully saturated rings. The summed E-state index contributed by atoms with van der Waals surface area (Å²) in [6.07, 6.45) is 4.75. The first kappa shape index (κ1) is 20.1. The molecule has 30 heavy (non-hydrogen) atoms. The maximum absolute atomic E-state index is 13.3. The highest BCUT2D eigenvalue weighted by atomic mass is 16.5. The van der Waals surface area contributed by atoms with Gasteiger partial charge in [-0.3, -0.25) is 14.6 Å². The molecule has 4 rings (SSSR count). The second kappa shape index (κ2) is 8.69. The van der Waals surface area contributed by atoms with Crippen molar-refractivity contribution in [2.24, 2.45) is 4.99 Å². The Morgan fingerprint density at radius 3 is 2.43 bits per heavy atom. The van der Waals surface area contributed by atoms with Crippen molar-refractivity contribution >= 4 is 23.2 Å². The van der Waals surface area contributed by atoms with Crippen LogP contribution in [-0.4, -0.2) is 41.2 Å². The van der Waals surface area contributed by atoms with E-state index in [1.165, 1.54) is 0 Å². The van der Waals surface area contributed by atoms with E-state index in [4.69, 9.17) is 9.73 Å². The predicted octanol–water partition coefficient (Wildman–Crippen LogP) is 4.02. The summed E-state index contributed by atoms with van der Waals surface area (Å²) in [4.78, 5) is 32.7. The predicted molar refractivity (Wildman–Crippen MR) is 117 cm³/mol. The number of ether oxygens (including phenoxy) is 1. The molecule has 6 nitrogen and oxygen atoms in total. The maximum atomic E-state index is 13.3. The molecule has 1 aliphatic heterocycles. The summed E-state index contributed by atoms with van der Waals surface area (Å²) in [5.41, 5.74) is 1.35. The van der Waals surface area contributed by atoms with Crippen LogP contribution in [0.15, 0.2) is 59.6 Å². The van der Waals surface area contributed by atoms with Gasteiger partial charge in [-0.2, -0.15) is 0 Å². The van der Waals surface area contributed by atoms with Crippen molar-refractivity contribution < 1.29 is 14.3 Å². The van der Waals surface area contributed by atoms with Gasteiger partial charge in [-0.05, 0) is 56.9 Å². The van der Waals surface area contributed by atoms with Gasteiger partial charge >= 0.3 is 0 Å². The highest BCUT2D eigenvalue weighted by Gasteiger charge is 2.48. The molecule has 6 heteroatoms. The minimum absolute atomic E-state index is 0.00806.